The predicted molar refractivity (Wildman–Crippen MR) is 246 cm³/mol. The van der Waals surface area contributed by atoms with E-state index in [4.69, 9.17) is 24.7 Å². The SMILES string of the molecule is CC(C)(C)OC(=O)NCCCC[C@H](NC(=O)OCc1ccccc1)C(=O)N[C@@H](CCCCNC(=O)OC(C)(C)C)C(=O)N[C@@H](CCCCNC(=O)OC(C)(C)C)C(=O)N1CCC[C@H]1C(N)=O. The van der Waals surface area contributed by atoms with Crippen LogP contribution in [-0.4, -0.2) is 120 Å². The third-order valence-corrected chi connectivity index (χ3v) is 9.70. The molecule has 2 rings (SSSR count). The van der Waals surface area contributed by atoms with Gasteiger partial charge in [0.05, 0.1) is 0 Å². The Kier molecular flexibility index (Phi) is 23.6. The first-order chi connectivity index (χ1) is 30.8. The molecule has 1 saturated heterocycles. The van der Waals surface area contributed by atoms with Crippen molar-refractivity contribution in [3.63, 3.8) is 0 Å². The largest absolute Gasteiger partial charge is 0.445 e. The van der Waals surface area contributed by atoms with E-state index in [1.165, 1.54) is 4.90 Å². The van der Waals surface area contributed by atoms with E-state index in [-0.39, 0.29) is 52.0 Å². The predicted octanol–water partition coefficient (Wildman–Crippen LogP) is 4.81. The maximum absolute atomic E-state index is 14.3. The van der Waals surface area contributed by atoms with Crippen LogP contribution >= 0.6 is 0 Å². The molecule has 0 radical (unpaired) electrons. The Morgan fingerprint density at radius 1 is 0.591 bits per heavy atom. The topological polar surface area (TPSA) is 275 Å². The molecule has 1 aliphatic rings. The number of amides is 8. The second kappa shape index (κ2) is 27.6. The summed E-state index contributed by atoms with van der Waals surface area (Å²) in [7, 11) is 0. The van der Waals surface area contributed by atoms with E-state index in [1.54, 1.807) is 86.6 Å². The molecule has 20 nitrogen and oxygen atoms in total. The molecule has 0 bridgehead atoms. The highest BCUT2D eigenvalue weighted by atomic mass is 16.6. The summed E-state index contributed by atoms with van der Waals surface area (Å²) in [5.74, 6) is -2.59. The zero-order chi connectivity index (χ0) is 49.5. The zero-order valence-electron chi connectivity index (χ0n) is 40.4. The molecule has 1 aromatic carbocycles. The summed E-state index contributed by atoms with van der Waals surface area (Å²) < 4.78 is 21.3. The van der Waals surface area contributed by atoms with Gasteiger partial charge in [-0.2, -0.15) is 0 Å². The maximum Gasteiger partial charge on any atom is 0.408 e. The molecule has 4 atom stereocenters. The Bertz CT molecular complexity index is 1740. The van der Waals surface area contributed by atoms with Gasteiger partial charge in [0.15, 0.2) is 0 Å². The van der Waals surface area contributed by atoms with Gasteiger partial charge in [-0.05, 0) is 139 Å². The fourth-order valence-electron chi connectivity index (χ4n) is 6.71. The lowest BCUT2D eigenvalue weighted by Crippen LogP contribution is -2.58. The molecule has 1 aliphatic heterocycles. The molecule has 0 unspecified atom stereocenters. The number of nitrogens with zero attached hydrogens (tertiary/aromatic N) is 1. The first-order valence-electron chi connectivity index (χ1n) is 22.9. The highest BCUT2D eigenvalue weighted by Crippen LogP contribution is 2.20. The number of alkyl carbamates (subject to hydrolysis) is 4. The molecule has 0 spiro atoms. The van der Waals surface area contributed by atoms with Crippen molar-refractivity contribution >= 4 is 48.0 Å². The van der Waals surface area contributed by atoms with Gasteiger partial charge in [-0.15, -0.1) is 0 Å². The van der Waals surface area contributed by atoms with Gasteiger partial charge < -0.3 is 61.5 Å². The monoisotopic (exact) mass is 933 g/mol. The van der Waals surface area contributed by atoms with Crippen LogP contribution in [0.15, 0.2) is 30.3 Å². The summed E-state index contributed by atoms with van der Waals surface area (Å²) in [6.45, 7) is 16.5. The summed E-state index contributed by atoms with van der Waals surface area (Å²) in [4.78, 5) is 106. The second-order valence-corrected chi connectivity index (χ2v) is 19.2. The van der Waals surface area contributed by atoms with E-state index < -0.39 is 89.0 Å². The molecule has 8 amide bonds. The minimum absolute atomic E-state index is 0.0624. The van der Waals surface area contributed by atoms with Crippen molar-refractivity contribution in [1.29, 1.82) is 0 Å². The van der Waals surface area contributed by atoms with Gasteiger partial charge in [0, 0.05) is 26.2 Å². The number of likely N-dealkylation sites (tertiary alicyclic amines) is 1. The summed E-state index contributed by atoms with van der Waals surface area (Å²) in [6, 6.07) is 4.55. The maximum atomic E-state index is 14.3. The number of unbranched alkanes of at least 4 members (excludes halogenated alkanes) is 3. The number of nitrogens with two attached hydrogens (primary N) is 1. The van der Waals surface area contributed by atoms with Crippen LogP contribution in [0.1, 0.15) is 139 Å². The van der Waals surface area contributed by atoms with Crippen LogP contribution < -0.4 is 37.6 Å². The summed E-state index contributed by atoms with van der Waals surface area (Å²) >= 11 is 0. The van der Waals surface area contributed by atoms with Crippen LogP contribution in [-0.2, 0) is 44.7 Å². The Labute approximate surface area is 389 Å². The van der Waals surface area contributed by atoms with Gasteiger partial charge in [-0.1, -0.05) is 30.3 Å². The average molecular weight is 933 g/mol. The number of nitrogens with one attached hydrogen (secondary N) is 6. The number of carbonyl (C=O) groups excluding carboxylic acids is 8. The fourth-order valence-corrected chi connectivity index (χ4v) is 6.71. The van der Waals surface area contributed by atoms with Crippen molar-refractivity contribution < 1.29 is 57.3 Å². The molecule has 8 N–H and O–H groups in total. The number of primary amides is 1. The van der Waals surface area contributed by atoms with Gasteiger partial charge in [-0.25, -0.2) is 19.2 Å². The van der Waals surface area contributed by atoms with Crippen LogP contribution in [0.4, 0.5) is 19.2 Å². The van der Waals surface area contributed by atoms with Crippen molar-refractivity contribution in [3.05, 3.63) is 35.9 Å². The summed E-state index contributed by atoms with van der Waals surface area (Å²) in [6.07, 6.45) is 0.783. The number of hydrogen-bond donors (Lipinski definition) is 7. The minimum Gasteiger partial charge on any atom is -0.445 e. The van der Waals surface area contributed by atoms with Gasteiger partial charge in [-0.3, -0.25) is 19.2 Å². The number of hydrogen-bond acceptors (Lipinski definition) is 12. The summed E-state index contributed by atoms with van der Waals surface area (Å²) in [5, 5.41) is 16.2. The Hall–Kier alpha value is -5.82. The second-order valence-electron chi connectivity index (χ2n) is 19.2. The van der Waals surface area contributed by atoms with Crippen LogP contribution in [0, 0.1) is 0 Å². The lowest BCUT2D eigenvalue weighted by Gasteiger charge is -2.29. The lowest BCUT2D eigenvalue weighted by atomic mass is 10.0. The van der Waals surface area contributed by atoms with Crippen molar-refractivity contribution in [2.45, 2.75) is 181 Å². The van der Waals surface area contributed by atoms with Gasteiger partial charge >= 0.3 is 24.4 Å². The third kappa shape index (κ3) is 24.5. The van der Waals surface area contributed by atoms with Gasteiger partial charge in [0.2, 0.25) is 23.6 Å². The van der Waals surface area contributed by atoms with Crippen LogP contribution in [0.25, 0.3) is 0 Å². The molecular weight excluding hydrogens is 857 g/mol. The smallest absolute Gasteiger partial charge is 0.408 e. The lowest BCUT2D eigenvalue weighted by molar-refractivity contribution is -0.141. The standard InChI is InChI=1S/C46H76N8O12/c1-44(2,3)64-40(59)48-26-16-13-22-32(37(56)52-34(39(58)54-29-19-25-35(54)36(47)55)24-15-18-28-50-42(61)66-46(7,8)9)51-38(57)33(23-14-17-27-49-41(60)65-45(4,5)6)53-43(62)63-30-31-20-11-10-12-21-31/h10-12,20-21,32-35H,13-19,22-30H2,1-9H3,(H2,47,55)(H,48,59)(H,49,60)(H,50,61)(H,51,57)(H,52,56)(H,53,62)/t32-,33-,34-,35-/m0/s1. The Morgan fingerprint density at radius 3 is 1.42 bits per heavy atom. The average Bonchev–Trinajstić information content (AvgIpc) is 3.70. The highest BCUT2D eigenvalue weighted by molar-refractivity contribution is 5.95. The number of carbonyl (C=O) groups is 8. The molecular formula is C46H76N8O12. The summed E-state index contributed by atoms with van der Waals surface area (Å²) in [5.41, 5.74) is 4.28. The van der Waals surface area contributed by atoms with Crippen molar-refractivity contribution in [2.75, 3.05) is 26.2 Å². The van der Waals surface area contributed by atoms with Gasteiger partial charge in [0.25, 0.3) is 0 Å². The Morgan fingerprint density at radius 2 is 1.00 bits per heavy atom. The Balaban J connectivity index is 2.32. The van der Waals surface area contributed by atoms with Crippen molar-refractivity contribution in [3.8, 4) is 0 Å². The first kappa shape index (κ1) is 56.3. The molecule has 372 valence electrons. The molecule has 0 aromatic heterocycles. The molecule has 0 saturated carbocycles. The first-order valence-corrected chi connectivity index (χ1v) is 22.9. The van der Waals surface area contributed by atoms with E-state index in [0.29, 0.717) is 51.4 Å². The third-order valence-electron chi connectivity index (χ3n) is 9.70. The molecule has 20 heteroatoms. The molecule has 66 heavy (non-hydrogen) atoms. The quantitative estimate of drug-likeness (QED) is 0.0544. The minimum atomic E-state index is -1.23. The number of rotatable bonds is 24. The molecule has 1 aromatic rings. The highest BCUT2D eigenvalue weighted by Gasteiger charge is 2.38. The molecule has 0 aliphatic carbocycles. The van der Waals surface area contributed by atoms with E-state index in [9.17, 15) is 38.4 Å². The van der Waals surface area contributed by atoms with Gasteiger partial charge in [0.1, 0.15) is 47.6 Å². The van der Waals surface area contributed by atoms with Crippen LogP contribution in [0.5, 0.6) is 0 Å². The molecule has 1 heterocycles. The normalized spacial score (nSPS) is 15.2. The molecule has 1 fully saturated rings. The fraction of sp³-hybridized carbons (Fsp3) is 0.696. The van der Waals surface area contributed by atoms with E-state index in [1.807, 2.05) is 6.07 Å². The number of ether oxygens (including phenoxy) is 4. The van der Waals surface area contributed by atoms with E-state index >= 15 is 0 Å². The van der Waals surface area contributed by atoms with Crippen molar-refractivity contribution in [2.24, 2.45) is 5.73 Å². The van der Waals surface area contributed by atoms with Crippen molar-refractivity contribution in [1.82, 2.24) is 36.8 Å². The van der Waals surface area contributed by atoms with E-state index in [0.717, 1.165) is 5.56 Å². The van der Waals surface area contributed by atoms with E-state index in [2.05, 4.69) is 31.9 Å². The van der Waals surface area contributed by atoms with Crippen LogP contribution in [0.3, 0.4) is 0 Å². The zero-order valence-corrected chi connectivity index (χ0v) is 40.4. The number of benzene rings is 1. The van der Waals surface area contributed by atoms with Crippen LogP contribution in [0.2, 0.25) is 0 Å².